The average Bonchev–Trinajstić information content (AvgIpc) is 3.01. The van der Waals surface area contributed by atoms with E-state index >= 15 is 0 Å². The maximum atomic E-state index is 5.90. The molecule has 5 nitrogen and oxygen atoms in total. The third kappa shape index (κ3) is 4.59. The smallest absolute Gasteiger partial charge is 0.216 e. The van der Waals surface area contributed by atoms with E-state index in [4.69, 9.17) is 28.6 Å². The van der Waals surface area contributed by atoms with E-state index in [9.17, 15) is 0 Å². The van der Waals surface area contributed by atoms with Gasteiger partial charge in [-0.2, -0.15) is 14.9 Å². The Morgan fingerprint density at radius 2 is 2.04 bits per heavy atom. The van der Waals surface area contributed by atoms with Gasteiger partial charge in [-0.1, -0.05) is 49.7 Å². The Morgan fingerprint density at radius 3 is 2.77 bits per heavy atom. The van der Waals surface area contributed by atoms with E-state index in [2.05, 4.69) is 15.3 Å². The Kier molecular flexibility index (Phi) is 5.85. The van der Waals surface area contributed by atoms with Crippen LogP contribution >= 0.6 is 23.8 Å². The summed E-state index contributed by atoms with van der Waals surface area (Å²) in [5.74, 6) is 1.78. The molecule has 3 rings (SSSR count). The fraction of sp³-hybridized carbons (Fsp3) is 0.211. The topological polar surface area (TPSA) is 55.2 Å². The van der Waals surface area contributed by atoms with Crippen molar-refractivity contribution in [3.63, 3.8) is 0 Å². The van der Waals surface area contributed by atoms with E-state index < -0.39 is 0 Å². The van der Waals surface area contributed by atoms with Gasteiger partial charge in [0.2, 0.25) is 4.77 Å². The lowest BCUT2D eigenvalue weighted by atomic mass is 10.2. The van der Waals surface area contributed by atoms with Gasteiger partial charge in [-0.3, -0.25) is 5.10 Å². The van der Waals surface area contributed by atoms with Gasteiger partial charge in [-0.05, 0) is 47.6 Å². The van der Waals surface area contributed by atoms with Crippen LogP contribution < -0.4 is 4.74 Å². The number of rotatable bonds is 6. The predicted molar refractivity (Wildman–Crippen MR) is 107 cm³/mol. The van der Waals surface area contributed by atoms with Crippen LogP contribution in [0.15, 0.2) is 53.6 Å². The highest BCUT2D eigenvalue weighted by atomic mass is 35.5. The first-order chi connectivity index (χ1) is 12.5. The summed E-state index contributed by atoms with van der Waals surface area (Å²) < 4.78 is 7.96. The second kappa shape index (κ2) is 8.29. The zero-order valence-corrected chi connectivity index (χ0v) is 16.1. The van der Waals surface area contributed by atoms with Gasteiger partial charge in [-0.15, -0.1) is 0 Å². The lowest BCUT2D eigenvalue weighted by molar-refractivity contribution is 0.306. The first-order valence-electron chi connectivity index (χ1n) is 8.22. The van der Waals surface area contributed by atoms with Crippen molar-refractivity contribution in [3.8, 4) is 5.75 Å². The van der Waals surface area contributed by atoms with Gasteiger partial charge < -0.3 is 4.74 Å². The van der Waals surface area contributed by atoms with Crippen LogP contribution in [0.25, 0.3) is 0 Å². The molecule has 1 N–H and O–H groups in total. The SMILES string of the molecule is CC(C)c1n[nH]c(=S)n1/N=C\c1cccc(OCc2ccc(Cl)cc2)c1. The Balaban J connectivity index is 1.72. The Bertz CT molecular complexity index is 960. The van der Waals surface area contributed by atoms with E-state index in [-0.39, 0.29) is 5.92 Å². The van der Waals surface area contributed by atoms with Crippen molar-refractivity contribution in [2.24, 2.45) is 5.10 Å². The third-order valence-corrected chi connectivity index (χ3v) is 4.21. The number of ether oxygens (including phenoxy) is 1. The van der Waals surface area contributed by atoms with Crippen LogP contribution in [0.5, 0.6) is 5.75 Å². The van der Waals surface area contributed by atoms with Crippen LogP contribution in [-0.2, 0) is 6.61 Å². The van der Waals surface area contributed by atoms with Crippen LogP contribution in [0.4, 0.5) is 0 Å². The number of benzene rings is 2. The maximum absolute atomic E-state index is 5.90. The molecule has 1 aromatic heterocycles. The molecule has 0 atom stereocenters. The minimum Gasteiger partial charge on any atom is -0.489 e. The predicted octanol–water partition coefficient (Wildman–Crippen LogP) is 5.18. The minimum atomic E-state index is 0.217. The Hall–Kier alpha value is -2.44. The van der Waals surface area contributed by atoms with Crippen LogP contribution in [0.3, 0.4) is 0 Å². The zero-order valence-electron chi connectivity index (χ0n) is 14.5. The third-order valence-electron chi connectivity index (χ3n) is 3.69. The van der Waals surface area contributed by atoms with Crippen molar-refractivity contribution in [3.05, 3.63) is 75.3 Å². The normalized spacial score (nSPS) is 11.4. The molecule has 0 spiro atoms. The molecule has 7 heteroatoms. The molecule has 26 heavy (non-hydrogen) atoms. The molecule has 0 fully saturated rings. The number of halogens is 1. The number of nitrogens with zero attached hydrogens (tertiary/aromatic N) is 3. The highest BCUT2D eigenvalue weighted by molar-refractivity contribution is 7.71. The molecule has 134 valence electrons. The molecular weight excluding hydrogens is 368 g/mol. The summed E-state index contributed by atoms with van der Waals surface area (Å²) in [4.78, 5) is 0. The highest BCUT2D eigenvalue weighted by Gasteiger charge is 2.08. The van der Waals surface area contributed by atoms with E-state index in [1.807, 2.05) is 62.4 Å². The fourth-order valence-corrected chi connectivity index (χ4v) is 2.66. The first kappa shape index (κ1) is 18.4. The van der Waals surface area contributed by atoms with Crippen molar-refractivity contribution in [2.75, 3.05) is 0 Å². The quantitative estimate of drug-likeness (QED) is 0.469. The first-order valence-corrected chi connectivity index (χ1v) is 9.00. The van der Waals surface area contributed by atoms with E-state index in [1.54, 1.807) is 10.9 Å². The number of H-pyrrole nitrogens is 1. The number of aromatic amines is 1. The van der Waals surface area contributed by atoms with Crippen molar-refractivity contribution in [2.45, 2.75) is 26.4 Å². The molecule has 2 aromatic carbocycles. The van der Waals surface area contributed by atoms with Gasteiger partial charge in [0, 0.05) is 10.9 Å². The standard InChI is InChI=1S/C19H19ClN4OS/c1-13(2)18-22-23-19(26)24(18)21-11-15-4-3-5-17(10-15)25-12-14-6-8-16(20)9-7-14/h3-11,13H,12H2,1-2H3,(H,23,26)/b21-11-. The molecule has 0 aliphatic carbocycles. The maximum Gasteiger partial charge on any atom is 0.216 e. The second-order valence-corrected chi connectivity index (χ2v) is 6.91. The number of hydrogen-bond donors (Lipinski definition) is 1. The van der Waals surface area contributed by atoms with Crippen LogP contribution in [0, 0.1) is 4.77 Å². The van der Waals surface area contributed by atoms with Gasteiger partial charge >= 0.3 is 0 Å². The van der Waals surface area contributed by atoms with Gasteiger partial charge in [0.15, 0.2) is 5.82 Å². The van der Waals surface area contributed by atoms with Crippen LogP contribution in [-0.4, -0.2) is 21.1 Å². The summed E-state index contributed by atoms with van der Waals surface area (Å²) in [7, 11) is 0. The number of hydrogen-bond acceptors (Lipinski definition) is 4. The van der Waals surface area contributed by atoms with E-state index in [0.717, 1.165) is 22.7 Å². The highest BCUT2D eigenvalue weighted by Crippen LogP contribution is 2.16. The molecule has 0 unspecified atom stereocenters. The summed E-state index contributed by atoms with van der Waals surface area (Å²) in [5.41, 5.74) is 1.97. The molecular formula is C19H19ClN4OS. The molecule has 3 aromatic rings. The molecule has 0 aliphatic heterocycles. The van der Waals surface area contributed by atoms with Crippen molar-refractivity contribution in [1.82, 2.24) is 14.9 Å². The zero-order chi connectivity index (χ0) is 18.5. The average molecular weight is 387 g/mol. The summed E-state index contributed by atoms with van der Waals surface area (Å²) >= 11 is 11.1. The van der Waals surface area contributed by atoms with E-state index in [1.165, 1.54) is 0 Å². The molecule has 0 radical (unpaired) electrons. The van der Waals surface area contributed by atoms with Crippen molar-refractivity contribution >= 4 is 30.0 Å². The molecule has 0 aliphatic rings. The molecule has 0 saturated carbocycles. The van der Waals surface area contributed by atoms with Crippen molar-refractivity contribution < 1.29 is 4.74 Å². The Labute approximate surface area is 162 Å². The van der Waals surface area contributed by atoms with Gasteiger partial charge in [0.25, 0.3) is 0 Å². The monoisotopic (exact) mass is 386 g/mol. The van der Waals surface area contributed by atoms with Gasteiger partial charge in [-0.25, -0.2) is 0 Å². The Morgan fingerprint density at radius 1 is 1.27 bits per heavy atom. The lowest BCUT2D eigenvalue weighted by Gasteiger charge is -2.07. The number of aromatic nitrogens is 3. The summed E-state index contributed by atoms with van der Waals surface area (Å²) in [6.07, 6.45) is 1.74. The fourth-order valence-electron chi connectivity index (χ4n) is 2.35. The van der Waals surface area contributed by atoms with Crippen LogP contribution in [0.1, 0.15) is 36.7 Å². The summed E-state index contributed by atoms with van der Waals surface area (Å²) in [6, 6.07) is 15.3. The number of nitrogens with one attached hydrogen (secondary N) is 1. The van der Waals surface area contributed by atoms with E-state index in [0.29, 0.717) is 16.4 Å². The van der Waals surface area contributed by atoms with Gasteiger partial charge in [0.05, 0.1) is 6.21 Å². The summed E-state index contributed by atoms with van der Waals surface area (Å²) in [5, 5.41) is 12.2. The van der Waals surface area contributed by atoms with Crippen LogP contribution in [0.2, 0.25) is 5.02 Å². The molecule has 1 heterocycles. The summed E-state index contributed by atoms with van der Waals surface area (Å²) in [6.45, 7) is 4.56. The van der Waals surface area contributed by atoms with Gasteiger partial charge in [0.1, 0.15) is 12.4 Å². The molecule has 0 amide bonds. The minimum absolute atomic E-state index is 0.217. The van der Waals surface area contributed by atoms with Crippen molar-refractivity contribution in [1.29, 1.82) is 0 Å². The lowest BCUT2D eigenvalue weighted by Crippen LogP contribution is -2.01. The second-order valence-electron chi connectivity index (χ2n) is 6.09. The largest absolute Gasteiger partial charge is 0.489 e. The molecule has 0 saturated heterocycles. The molecule has 0 bridgehead atoms.